The van der Waals surface area contributed by atoms with Crippen molar-refractivity contribution in [2.75, 3.05) is 5.32 Å². The molecule has 0 fully saturated rings. The van der Waals surface area contributed by atoms with E-state index in [1.807, 2.05) is 13.8 Å². The van der Waals surface area contributed by atoms with E-state index < -0.39 is 34.7 Å². The first-order chi connectivity index (χ1) is 10.3. The van der Waals surface area contributed by atoms with Crippen molar-refractivity contribution in [3.63, 3.8) is 0 Å². The van der Waals surface area contributed by atoms with E-state index in [0.29, 0.717) is 18.5 Å². The number of rotatable bonds is 4. The van der Waals surface area contributed by atoms with Crippen molar-refractivity contribution in [2.45, 2.75) is 20.4 Å². The summed E-state index contributed by atoms with van der Waals surface area (Å²) in [5, 5.41) is 15.4. The van der Waals surface area contributed by atoms with Gasteiger partial charge in [-0.25, -0.2) is 8.78 Å². The molecule has 22 heavy (non-hydrogen) atoms. The standard InChI is InChI=1S/C14H14F3N3O2/c1-7(2)5-20-6-8(4-18-20)19-14(22)9-3-10(15)12(17)13(21)11(9)16/h3-4,6-7,21H,5H2,1-2H3,(H,19,22). The van der Waals surface area contributed by atoms with Crippen molar-refractivity contribution < 1.29 is 23.1 Å². The van der Waals surface area contributed by atoms with Gasteiger partial charge >= 0.3 is 0 Å². The molecule has 1 aromatic carbocycles. The van der Waals surface area contributed by atoms with Gasteiger partial charge in [0.25, 0.3) is 5.91 Å². The molecule has 118 valence electrons. The monoisotopic (exact) mass is 313 g/mol. The summed E-state index contributed by atoms with van der Waals surface area (Å²) < 4.78 is 41.4. The molecule has 0 unspecified atom stereocenters. The Morgan fingerprint density at radius 1 is 1.36 bits per heavy atom. The summed E-state index contributed by atoms with van der Waals surface area (Å²) in [5.74, 6) is -6.98. The van der Waals surface area contributed by atoms with Gasteiger partial charge in [0.2, 0.25) is 5.82 Å². The summed E-state index contributed by atoms with van der Waals surface area (Å²) in [7, 11) is 0. The number of nitrogens with one attached hydrogen (secondary N) is 1. The number of carbonyl (C=O) groups excluding carboxylic acids is 1. The van der Waals surface area contributed by atoms with E-state index >= 15 is 0 Å². The number of carbonyl (C=O) groups is 1. The van der Waals surface area contributed by atoms with Crippen LogP contribution in [0.15, 0.2) is 18.5 Å². The second-order valence-corrected chi connectivity index (χ2v) is 5.18. The lowest BCUT2D eigenvalue weighted by Gasteiger charge is -2.07. The van der Waals surface area contributed by atoms with Gasteiger partial charge in [-0.15, -0.1) is 0 Å². The molecule has 0 atom stereocenters. The first kappa shape index (κ1) is 15.9. The molecule has 0 spiro atoms. The molecule has 1 amide bonds. The molecule has 0 bridgehead atoms. The molecule has 0 radical (unpaired) electrons. The maximum atomic E-state index is 13.6. The number of phenolic OH excluding ortho intramolecular Hbond substituents is 1. The molecule has 5 nitrogen and oxygen atoms in total. The number of halogens is 3. The van der Waals surface area contributed by atoms with Crippen LogP contribution in [-0.4, -0.2) is 20.8 Å². The van der Waals surface area contributed by atoms with E-state index in [-0.39, 0.29) is 5.69 Å². The highest BCUT2D eigenvalue weighted by Gasteiger charge is 2.22. The largest absolute Gasteiger partial charge is 0.503 e. The van der Waals surface area contributed by atoms with E-state index in [9.17, 15) is 18.0 Å². The molecule has 2 aromatic rings. The van der Waals surface area contributed by atoms with Gasteiger partial charge in [-0.05, 0) is 12.0 Å². The summed E-state index contributed by atoms with van der Waals surface area (Å²) in [6.45, 7) is 4.59. The third-order valence-electron chi connectivity index (χ3n) is 2.82. The fourth-order valence-electron chi connectivity index (χ4n) is 1.86. The summed E-state index contributed by atoms with van der Waals surface area (Å²) in [6, 6.07) is 0.387. The second kappa shape index (κ2) is 6.08. The maximum absolute atomic E-state index is 13.6. The van der Waals surface area contributed by atoms with E-state index in [0.717, 1.165) is 0 Å². The van der Waals surface area contributed by atoms with Gasteiger partial charge in [0.1, 0.15) is 0 Å². The van der Waals surface area contributed by atoms with Crippen LogP contribution in [-0.2, 0) is 6.54 Å². The molecule has 0 aliphatic rings. The van der Waals surface area contributed by atoms with Gasteiger partial charge in [-0.1, -0.05) is 13.8 Å². The fourth-order valence-corrected chi connectivity index (χ4v) is 1.86. The maximum Gasteiger partial charge on any atom is 0.258 e. The van der Waals surface area contributed by atoms with E-state index in [1.165, 1.54) is 12.4 Å². The van der Waals surface area contributed by atoms with E-state index in [1.54, 1.807) is 4.68 Å². The van der Waals surface area contributed by atoms with Crippen molar-refractivity contribution in [1.29, 1.82) is 0 Å². The zero-order valence-electron chi connectivity index (χ0n) is 11.9. The Kier molecular flexibility index (Phi) is 4.39. The summed E-state index contributed by atoms with van der Waals surface area (Å²) >= 11 is 0. The minimum Gasteiger partial charge on any atom is -0.503 e. The van der Waals surface area contributed by atoms with Crippen LogP contribution < -0.4 is 5.32 Å². The third-order valence-corrected chi connectivity index (χ3v) is 2.82. The van der Waals surface area contributed by atoms with Crippen molar-refractivity contribution in [1.82, 2.24) is 9.78 Å². The molecule has 1 aromatic heterocycles. The highest BCUT2D eigenvalue weighted by atomic mass is 19.2. The Morgan fingerprint density at radius 2 is 2.05 bits per heavy atom. The smallest absolute Gasteiger partial charge is 0.258 e. The summed E-state index contributed by atoms with van der Waals surface area (Å²) in [4.78, 5) is 11.9. The van der Waals surface area contributed by atoms with Gasteiger partial charge in [0.05, 0.1) is 17.4 Å². The molecule has 0 aliphatic heterocycles. The van der Waals surface area contributed by atoms with Gasteiger partial charge in [-0.3, -0.25) is 9.48 Å². The quantitative estimate of drug-likeness (QED) is 0.853. The van der Waals surface area contributed by atoms with Crippen LogP contribution in [0.5, 0.6) is 5.75 Å². The molecule has 8 heteroatoms. The fraction of sp³-hybridized carbons (Fsp3) is 0.286. The predicted molar refractivity (Wildman–Crippen MR) is 73.0 cm³/mol. The number of hydrogen-bond donors (Lipinski definition) is 2. The van der Waals surface area contributed by atoms with Crippen LogP contribution in [0.4, 0.5) is 18.9 Å². The molecule has 0 saturated heterocycles. The van der Waals surface area contributed by atoms with Crippen LogP contribution in [0.3, 0.4) is 0 Å². The minimum atomic E-state index is -1.74. The van der Waals surface area contributed by atoms with Crippen molar-refractivity contribution in [3.8, 4) is 5.75 Å². The zero-order valence-corrected chi connectivity index (χ0v) is 11.9. The van der Waals surface area contributed by atoms with E-state index in [4.69, 9.17) is 5.11 Å². The zero-order chi connectivity index (χ0) is 16.4. The van der Waals surface area contributed by atoms with Gasteiger partial charge in [0, 0.05) is 12.7 Å². The number of aromatic nitrogens is 2. The third kappa shape index (κ3) is 3.21. The van der Waals surface area contributed by atoms with Gasteiger partial charge in [0.15, 0.2) is 17.4 Å². The number of anilines is 1. The van der Waals surface area contributed by atoms with Crippen LogP contribution in [0.1, 0.15) is 24.2 Å². The lowest BCUT2D eigenvalue weighted by Crippen LogP contribution is -2.14. The molecular formula is C14H14F3N3O2. The number of benzene rings is 1. The Morgan fingerprint density at radius 3 is 2.68 bits per heavy atom. The second-order valence-electron chi connectivity index (χ2n) is 5.18. The number of hydrogen-bond acceptors (Lipinski definition) is 3. The number of amides is 1. The van der Waals surface area contributed by atoms with Crippen LogP contribution >= 0.6 is 0 Å². The van der Waals surface area contributed by atoms with Crippen molar-refractivity contribution >= 4 is 11.6 Å². The highest BCUT2D eigenvalue weighted by Crippen LogP contribution is 2.26. The van der Waals surface area contributed by atoms with Crippen LogP contribution in [0.25, 0.3) is 0 Å². The Bertz CT molecular complexity index is 714. The van der Waals surface area contributed by atoms with Crippen LogP contribution in [0, 0.1) is 23.4 Å². The Labute approximate surface area is 124 Å². The van der Waals surface area contributed by atoms with Crippen molar-refractivity contribution in [3.05, 3.63) is 41.5 Å². The molecule has 0 aliphatic carbocycles. The first-order valence-corrected chi connectivity index (χ1v) is 6.49. The SMILES string of the molecule is CC(C)Cn1cc(NC(=O)c2cc(F)c(F)c(O)c2F)cn1. The lowest BCUT2D eigenvalue weighted by molar-refractivity contribution is 0.102. The van der Waals surface area contributed by atoms with Gasteiger partial charge in [-0.2, -0.15) is 9.49 Å². The lowest BCUT2D eigenvalue weighted by atomic mass is 10.1. The highest BCUT2D eigenvalue weighted by molar-refractivity contribution is 6.04. The molecule has 2 N–H and O–H groups in total. The number of nitrogens with zero attached hydrogens (tertiary/aromatic N) is 2. The topological polar surface area (TPSA) is 67.2 Å². The Hall–Kier alpha value is -2.51. The Balaban J connectivity index is 2.21. The average molecular weight is 313 g/mol. The number of aromatic hydroxyl groups is 1. The van der Waals surface area contributed by atoms with E-state index in [2.05, 4.69) is 10.4 Å². The van der Waals surface area contributed by atoms with Gasteiger partial charge < -0.3 is 10.4 Å². The average Bonchev–Trinajstić information content (AvgIpc) is 2.86. The molecule has 1 heterocycles. The van der Waals surface area contributed by atoms with Crippen LogP contribution in [0.2, 0.25) is 0 Å². The molecule has 0 saturated carbocycles. The summed E-state index contributed by atoms with van der Waals surface area (Å²) in [5.41, 5.74) is -0.526. The minimum absolute atomic E-state index is 0.272. The number of phenols is 1. The predicted octanol–water partition coefficient (Wildman–Crippen LogP) is 2.91. The molecular weight excluding hydrogens is 299 g/mol. The molecule has 2 rings (SSSR count). The first-order valence-electron chi connectivity index (χ1n) is 6.49. The van der Waals surface area contributed by atoms with Crippen molar-refractivity contribution in [2.24, 2.45) is 5.92 Å². The summed E-state index contributed by atoms with van der Waals surface area (Å²) in [6.07, 6.45) is 2.87. The normalized spacial score (nSPS) is 11.0.